The first kappa shape index (κ1) is 9.47. The lowest BCUT2D eigenvalue weighted by atomic mass is 9.57. The third kappa shape index (κ3) is 1.08. The van der Waals surface area contributed by atoms with Crippen LogP contribution in [0.4, 0.5) is 0 Å². The Morgan fingerprint density at radius 1 is 1.23 bits per heavy atom. The first-order chi connectivity index (χ1) is 6.15. The van der Waals surface area contributed by atoms with Gasteiger partial charge in [0.1, 0.15) is 0 Å². The second kappa shape index (κ2) is 2.96. The molecular weight excluding hydrogens is 162 g/mol. The molecule has 2 aliphatic rings. The van der Waals surface area contributed by atoms with Crippen LogP contribution in [0.2, 0.25) is 0 Å². The zero-order chi connectivity index (χ0) is 9.53. The zero-order valence-electron chi connectivity index (χ0n) is 8.55. The van der Waals surface area contributed by atoms with E-state index in [1.807, 2.05) is 0 Å². The Morgan fingerprint density at radius 3 is 2.23 bits per heavy atom. The number of hydrogen-bond donors (Lipinski definition) is 2. The summed E-state index contributed by atoms with van der Waals surface area (Å²) in [6.07, 6.45) is 7.17. The van der Waals surface area contributed by atoms with Crippen LogP contribution in [0.5, 0.6) is 0 Å². The highest BCUT2D eigenvalue weighted by Crippen LogP contribution is 2.61. The first-order valence-corrected chi connectivity index (χ1v) is 5.57. The second-order valence-corrected chi connectivity index (χ2v) is 5.05. The van der Waals surface area contributed by atoms with Crippen molar-refractivity contribution in [1.29, 1.82) is 0 Å². The molecule has 2 heteroatoms. The molecule has 0 saturated heterocycles. The van der Waals surface area contributed by atoms with Gasteiger partial charge in [-0.05, 0) is 50.0 Å². The van der Waals surface area contributed by atoms with Crippen molar-refractivity contribution in [3.05, 3.63) is 0 Å². The monoisotopic (exact) mass is 183 g/mol. The van der Waals surface area contributed by atoms with Crippen molar-refractivity contribution < 1.29 is 5.11 Å². The molecule has 0 aromatic rings. The van der Waals surface area contributed by atoms with Crippen LogP contribution in [0.25, 0.3) is 0 Å². The van der Waals surface area contributed by atoms with Crippen LogP contribution in [0, 0.1) is 11.3 Å². The van der Waals surface area contributed by atoms with Gasteiger partial charge in [0.15, 0.2) is 0 Å². The van der Waals surface area contributed by atoms with E-state index in [2.05, 4.69) is 6.92 Å². The van der Waals surface area contributed by atoms with E-state index in [1.165, 1.54) is 32.1 Å². The van der Waals surface area contributed by atoms with Crippen LogP contribution in [0.15, 0.2) is 0 Å². The Kier molecular flexibility index (Phi) is 2.16. The van der Waals surface area contributed by atoms with Gasteiger partial charge in [-0.2, -0.15) is 0 Å². The van der Waals surface area contributed by atoms with Crippen LogP contribution in [-0.2, 0) is 0 Å². The van der Waals surface area contributed by atoms with Crippen molar-refractivity contribution in [3.63, 3.8) is 0 Å². The van der Waals surface area contributed by atoms with Gasteiger partial charge in [-0.1, -0.05) is 13.3 Å². The molecule has 0 heterocycles. The third-order valence-corrected chi connectivity index (χ3v) is 4.61. The smallest absolute Gasteiger partial charge is 0.0741 e. The van der Waals surface area contributed by atoms with Gasteiger partial charge in [0, 0.05) is 0 Å². The van der Waals surface area contributed by atoms with Crippen LogP contribution in [0.1, 0.15) is 45.4 Å². The van der Waals surface area contributed by atoms with Crippen LogP contribution < -0.4 is 5.73 Å². The van der Waals surface area contributed by atoms with Gasteiger partial charge in [-0.25, -0.2) is 0 Å². The van der Waals surface area contributed by atoms with Crippen molar-refractivity contribution in [2.75, 3.05) is 6.54 Å². The first-order valence-electron chi connectivity index (χ1n) is 5.57. The molecule has 76 valence electrons. The summed E-state index contributed by atoms with van der Waals surface area (Å²) in [6.45, 7) is 2.73. The van der Waals surface area contributed by atoms with Crippen molar-refractivity contribution in [2.45, 2.75) is 51.0 Å². The minimum atomic E-state index is -0.431. The number of hydrogen-bond acceptors (Lipinski definition) is 2. The lowest BCUT2D eigenvalue weighted by molar-refractivity contribution is -0.135. The largest absolute Gasteiger partial charge is 0.389 e. The summed E-state index contributed by atoms with van der Waals surface area (Å²) in [4.78, 5) is 0. The molecule has 3 N–H and O–H groups in total. The maximum Gasteiger partial charge on any atom is 0.0741 e. The Balaban J connectivity index is 2.19. The zero-order valence-corrected chi connectivity index (χ0v) is 8.55. The lowest BCUT2D eigenvalue weighted by Crippen LogP contribution is -2.54. The third-order valence-electron chi connectivity index (χ3n) is 4.61. The summed E-state index contributed by atoms with van der Waals surface area (Å²) in [6, 6.07) is 0. The van der Waals surface area contributed by atoms with Crippen LogP contribution in [-0.4, -0.2) is 17.3 Å². The summed E-state index contributed by atoms with van der Waals surface area (Å²) in [5.41, 5.74) is 5.52. The maximum absolute atomic E-state index is 10.7. The molecule has 0 bridgehead atoms. The maximum atomic E-state index is 10.7. The Morgan fingerprint density at radius 2 is 1.77 bits per heavy atom. The van der Waals surface area contributed by atoms with E-state index < -0.39 is 5.60 Å². The van der Waals surface area contributed by atoms with Gasteiger partial charge in [0.05, 0.1) is 5.60 Å². The quantitative estimate of drug-likeness (QED) is 0.684. The number of rotatable bonds is 2. The topological polar surface area (TPSA) is 46.2 Å². The summed E-state index contributed by atoms with van der Waals surface area (Å²) in [5.74, 6) is 0.273. The van der Waals surface area contributed by atoms with Crippen LogP contribution in [0.3, 0.4) is 0 Å². The molecule has 0 aliphatic heterocycles. The van der Waals surface area contributed by atoms with Crippen molar-refractivity contribution in [3.8, 4) is 0 Å². The molecule has 0 amide bonds. The van der Waals surface area contributed by atoms with E-state index in [-0.39, 0.29) is 11.3 Å². The molecule has 0 aromatic heterocycles. The molecule has 0 radical (unpaired) electrons. The molecule has 1 spiro atoms. The normalized spacial score (nSPS) is 39.0. The summed E-state index contributed by atoms with van der Waals surface area (Å²) < 4.78 is 0. The van der Waals surface area contributed by atoms with Crippen molar-refractivity contribution in [1.82, 2.24) is 0 Å². The van der Waals surface area contributed by atoms with Crippen LogP contribution >= 0.6 is 0 Å². The lowest BCUT2D eigenvalue weighted by Gasteiger charge is -2.52. The fourth-order valence-electron chi connectivity index (χ4n) is 3.43. The van der Waals surface area contributed by atoms with Gasteiger partial charge >= 0.3 is 0 Å². The average molecular weight is 183 g/mol. The molecule has 2 nitrogen and oxygen atoms in total. The minimum Gasteiger partial charge on any atom is -0.389 e. The van der Waals surface area contributed by atoms with Gasteiger partial charge in [0.25, 0.3) is 0 Å². The number of aliphatic hydroxyl groups is 1. The predicted molar refractivity (Wildman–Crippen MR) is 53.3 cm³/mol. The Labute approximate surface area is 80.5 Å². The SMILES string of the molecule is CC(CN)C1(O)CCCC12CCC2. The predicted octanol–water partition coefficient (Wildman–Crippen LogP) is 1.67. The molecule has 2 atom stereocenters. The molecule has 0 aromatic carbocycles. The molecule has 2 rings (SSSR count). The standard InChI is InChI=1S/C11H21NO/c1-9(8-12)11(13)7-3-6-10(11)4-2-5-10/h9,13H,2-8,12H2,1H3. The van der Waals surface area contributed by atoms with E-state index in [9.17, 15) is 5.11 Å². The molecule has 2 unspecified atom stereocenters. The Hall–Kier alpha value is -0.0800. The summed E-state index contributed by atoms with van der Waals surface area (Å²) in [7, 11) is 0. The molecule has 13 heavy (non-hydrogen) atoms. The highest BCUT2D eigenvalue weighted by Gasteiger charge is 2.58. The van der Waals surface area contributed by atoms with Gasteiger partial charge in [-0.15, -0.1) is 0 Å². The summed E-state index contributed by atoms with van der Waals surface area (Å²) >= 11 is 0. The molecule has 2 fully saturated rings. The van der Waals surface area contributed by atoms with Crippen molar-refractivity contribution >= 4 is 0 Å². The fourth-order valence-corrected chi connectivity index (χ4v) is 3.43. The molecule has 2 aliphatic carbocycles. The second-order valence-electron chi connectivity index (χ2n) is 5.05. The van der Waals surface area contributed by atoms with Gasteiger partial charge in [-0.3, -0.25) is 0 Å². The van der Waals surface area contributed by atoms with Gasteiger partial charge in [0.2, 0.25) is 0 Å². The minimum absolute atomic E-state index is 0.270. The van der Waals surface area contributed by atoms with E-state index in [4.69, 9.17) is 5.73 Å². The molecule has 2 saturated carbocycles. The fraction of sp³-hybridized carbons (Fsp3) is 1.00. The van der Waals surface area contributed by atoms with E-state index in [1.54, 1.807) is 0 Å². The van der Waals surface area contributed by atoms with E-state index in [0.717, 1.165) is 6.42 Å². The average Bonchev–Trinajstić information content (AvgIpc) is 2.42. The highest BCUT2D eigenvalue weighted by molar-refractivity contribution is 5.09. The van der Waals surface area contributed by atoms with E-state index >= 15 is 0 Å². The van der Waals surface area contributed by atoms with Crippen molar-refractivity contribution in [2.24, 2.45) is 17.1 Å². The van der Waals surface area contributed by atoms with Gasteiger partial charge < -0.3 is 10.8 Å². The molecular formula is C11H21NO. The number of nitrogens with two attached hydrogens (primary N) is 1. The highest BCUT2D eigenvalue weighted by atomic mass is 16.3. The Bertz CT molecular complexity index is 200. The van der Waals surface area contributed by atoms with E-state index in [0.29, 0.717) is 6.54 Å². The summed E-state index contributed by atoms with van der Waals surface area (Å²) in [5, 5.41) is 10.7.